The van der Waals surface area contributed by atoms with Gasteiger partial charge in [-0.3, -0.25) is 4.79 Å². The molecular formula is C20H18F2N2O4. The van der Waals surface area contributed by atoms with Crippen LogP contribution in [-0.4, -0.2) is 47.2 Å². The van der Waals surface area contributed by atoms with E-state index in [0.717, 1.165) is 25.0 Å². The first-order valence-corrected chi connectivity index (χ1v) is 8.87. The molecule has 1 N–H and O–H groups in total. The van der Waals surface area contributed by atoms with Gasteiger partial charge >= 0.3 is 0 Å². The number of amides is 1. The van der Waals surface area contributed by atoms with E-state index in [4.69, 9.17) is 9.15 Å². The number of halogens is 2. The fourth-order valence-electron chi connectivity index (χ4n) is 3.36. The normalized spacial score (nSPS) is 15.3. The lowest BCUT2D eigenvalue weighted by molar-refractivity contribution is 0.0351. The quantitative estimate of drug-likeness (QED) is 0.740. The number of likely N-dealkylation sites (tertiary alicyclic amines) is 1. The van der Waals surface area contributed by atoms with Gasteiger partial charge in [-0.2, -0.15) is 4.39 Å². The molecule has 2 aromatic carbocycles. The molecule has 28 heavy (non-hydrogen) atoms. The lowest BCUT2D eigenvalue weighted by Gasteiger charge is -2.31. The SMILES string of the molecule is COC1CCN(C(=O)c2ccc3oc(-c4cc(O)c(F)c(F)c4)nc3c2)CC1. The maximum atomic E-state index is 13.5. The fraction of sp³-hybridized carbons (Fsp3) is 0.300. The van der Waals surface area contributed by atoms with Crippen LogP contribution in [0.3, 0.4) is 0 Å². The summed E-state index contributed by atoms with van der Waals surface area (Å²) in [6.45, 7) is 1.24. The average molecular weight is 388 g/mol. The number of rotatable bonds is 3. The smallest absolute Gasteiger partial charge is 0.253 e. The molecule has 0 aliphatic carbocycles. The minimum Gasteiger partial charge on any atom is -0.505 e. The van der Waals surface area contributed by atoms with E-state index in [9.17, 15) is 18.7 Å². The molecule has 0 spiro atoms. The number of ether oxygens (including phenoxy) is 1. The van der Waals surface area contributed by atoms with Crippen molar-refractivity contribution in [1.29, 1.82) is 0 Å². The van der Waals surface area contributed by atoms with Gasteiger partial charge in [0.1, 0.15) is 5.52 Å². The molecule has 4 rings (SSSR count). The van der Waals surface area contributed by atoms with Gasteiger partial charge in [-0.05, 0) is 43.2 Å². The van der Waals surface area contributed by atoms with Gasteiger partial charge < -0.3 is 19.2 Å². The van der Waals surface area contributed by atoms with Crippen molar-refractivity contribution in [2.24, 2.45) is 0 Å². The van der Waals surface area contributed by atoms with E-state index < -0.39 is 17.4 Å². The number of aromatic nitrogens is 1. The number of aromatic hydroxyl groups is 1. The summed E-state index contributed by atoms with van der Waals surface area (Å²) in [6.07, 6.45) is 1.76. The molecule has 1 amide bonds. The van der Waals surface area contributed by atoms with Crippen molar-refractivity contribution in [3.05, 3.63) is 47.5 Å². The summed E-state index contributed by atoms with van der Waals surface area (Å²) in [5, 5.41) is 9.47. The van der Waals surface area contributed by atoms with E-state index in [1.54, 1.807) is 30.2 Å². The fourth-order valence-corrected chi connectivity index (χ4v) is 3.36. The first kappa shape index (κ1) is 18.4. The lowest BCUT2D eigenvalue weighted by Crippen LogP contribution is -2.40. The Morgan fingerprint density at radius 1 is 1.25 bits per heavy atom. The number of piperidine rings is 1. The Morgan fingerprint density at radius 2 is 2.00 bits per heavy atom. The zero-order valence-corrected chi connectivity index (χ0v) is 15.1. The van der Waals surface area contributed by atoms with Gasteiger partial charge in [-0.1, -0.05) is 0 Å². The standard InChI is InChI=1S/C20H18F2N2O4/c1-27-13-4-6-24(7-5-13)20(26)11-2-3-17-15(9-11)23-19(28-17)12-8-14(21)18(22)16(25)10-12/h2-3,8-10,13,25H,4-7H2,1H3. The third-order valence-corrected chi connectivity index (χ3v) is 4.95. The summed E-state index contributed by atoms with van der Waals surface area (Å²) in [7, 11) is 1.67. The Morgan fingerprint density at radius 3 is 2.68 bits per heavy atom. The number of phenols is 1. The van der Waals surface area contributed by atoms with Crippen molar-refractivity contribution in [3.63, 3.8) is 0 Å². The predicted molar refractivity (Wildman–Crippen MR) is 97.0 cm³/mol. The number of carbonyl (C=O) groups excluding carboxylic acids is 1. The molecule has 0 radical (unpaired) electrons. The van der Waals surface area contributed by atoms with Crippen LogP contribution in [-0.2, 0) is 4.74 Å². The van der Waals surface area contributed by atoms with E-state index in [1.165, 1.54) is 0 Å². The average Bonchev–Trinajstić information content (AvgIpc) is 3.14. The number of fused-ring (bicyclic) bond motifs is 1. The van der Waals surface area contributed by atoms with Gasteiger partial charge in [0.05, 0.1) is 6.10 Å². The second-order valence-electron chi connectivity index (χ2n) is 6.72. The highest BCUT2D eigenvalue weighted by Crippen LogP contribution is 2.30. The van der Waals surface area contributed by atoms with E-state index >= 15 is 0 Å². The van der Waals surface area contributed by atoms with Crippen LogP contribution in [0.25, 0.3) is 22.6 Å². The van der Waals surface area contributed by atoms with Gasteiger partial charge in [-0.25, -0.2) is 9.37 Å². The highest BCUT2D eigenvalue weighted by atomic mass is 19.2. The number of hydrogen-bond acceptors (Lipinski definition) is 5. The highest BCUT2D eigenvalue weighted by molar-refractivity contribution is 5.97. The molecule has 0 saturated carbocycles. The van der Waals surface area contributed by atoms with Crippen LogP contribution in [0, 0.1) is 11.6 Å². The van der Waals surface area contributed by atoms with Crippen molar-refractivity contribution in [1.82, 2.24) is 9.88 Å². The topological polar surface area (TPSA) is 75.8 Å². The molecule has 1 fully saturated rings. The van der Waals surface area contributed by atoms with Crippen molar-refractivity contribution >= 4 is 17.0 Å². The summed E-state index contributed by atoms with van der Waals surface area (Å²) in [5.41, 5.74) is 1.38. The molecule has 0 atom stereocenters. The van der Waals surface area contributed by atoms with Crippen LogP contribution in [0.15, 0.2) is 34.7 Å². The molecular weight excluding hydrogens is 370 g/mol. The van der Waals surface area contributed by atoms with Crippen LogP contribution < -0.4 is 0 Å². The van der Waals surface area contributed by atoms with Crippen molar-refractivity contribution in [2.75, 3.05) is 20.2 Å². The summed E-state index contributed by atoms with van der Waals surface area (Å²) < 4.78 is 37.7. The molecule has 1 aliphatic rings. The van der Waals surface area contributed by atoms with Crippen LogP contribution in [0.1, 0.15) is 23.2 Å². The number of phenolic OH excluding ortho intramolecular Hbond substituents is 1. The molecule has 146 valence electrons. The summed E-state index contributed by atoms with van der Waals surface area (Å²) in [5.74, 6) is -3.44. The highest BCUT2D eigenvalue weighted by Gasteiger charge is 2.24. The van der Waals surface area contributed by atoms with Crippen molar-refractivity contribution in [2.45, 2.75) is 18.9 Å². The number of benzene rings is 2. The summed E-state index contributed by atoms with van der Waals surface area (Å²) in [6, 6.07) is 6.79. The van der Waals surface area contributed by atoms with E-state index in [-0.39, 0.29) is 23.5 Å². The molecule has 3 aromatic rings. The summed E-state index contributed by atoms with van der Waals surface area (Å²) in [4.78, 5) is 18.8. The third-order valence-electron chi connectivity index (χ3n) is 4.95. The van der Waals surface area contributed by atoms with Crippen LogP contribution >= 0.6 is 0 Å². The van der Waals surface area contributed by atoms with Crippen molar-refractivity contribution in [3.8, 4) is 17.2 Å². The predicted octanol–water partition coefficient (Wildman–Crippen LogP) is 3.73. The van der Waals surface area contributed by atoms with Gasteiger partial charge in [0.2, 0.25) is 5.89 Å². The number of methoxy groups -OCH3 is 1. The Labute approximate surface area is 159 Å². The monoisotopic (exact) mass is 388 g/mol. The lowest BCUT2D eigenvalue weighted by atomic mass is 10.1. The second kappa shape index (κ2) is 7.20. The molecule has 6 nitrogen and oxygen atoms in total. The Balaban J connectivity index is 1.61. The van der Waals surface area contributed by atoms with Crippen LogP contribution in [0.2, 0.25) is 0 Å². The molecule has 1 saturated heterocycles. The third kappa shape index (κ3) is 3.31. The molecule has 1 aliphatic heterocycles. The molecule has 0 bridgehead atoms. The zero-order valence-electron chi connectivity index (χ0n) is 15.1. The Hall–Kier alpha value is -3.00. The number of oxazole rings is 1. The summed E-state index contributed by atoms with van der Waals surface area (Å²) >= 11 is 0. The Bertz CT molecular complexity index is 1020. The van der Waals surface area contributed by atoms with Gasteiger partial charge in [-0.15, -0.1) is 0 Å². The van der Waals surface area contributed by atoms with E-state index in [2.05, 4.69) is 4.98 Å². The van der Waals surface area contributed by atoms with Gasteiger partial charge in [0.25, 0.3) is 5.91 Å². The van der Waals surface area contributed by atoms with Crippen molar-refractivity contribution < 1.29 is 27.8 Å². The second-order valence-corrected chi connectivity index (χ2v) is 6.72. The largest absolute Gasteiger partial charge is 0.505 e. The maximum absolute atomic E-state index is 13.5. The Kier molecular flexibility index (Phi) is 4.72. The molecule has 8 heteroatoms. The minimum atomic E-state index is -1.33. The number of carbonyl (C=O) groups is 1. The van der Waals surface area contributed by atoms with Crippen LogP contribution in [0.5, 0.6) is 5.75 Å². The number of hydrogen-bond donors (Lipinski definition) is 1. The molecule has 1 aromatic heterocycles. The van der Waals surface area contributed by atoms with E-state index in [0.29, 0.717) is 29.8 Å². The first-order valence-electron chi connectivity index (χ1n) is 8.87. The minimum absolute atomic E-state index is 0.0229. The molecule has 0 unspecified atom stereocenters. The van der Waals surface area contributed by atoms with Gasteiger partial charge in [0.15, 0.2) is 23.0 Å². The maximum Gasteiger partial charge on any atom is 0.253 e. The van der Waals surface area contributed by atoms with E-state index in [1.807, 2.05) is 0 Å². The van der Waals surface area contributed by atoms with Gasteiger partial charge in [0, 0.05) is 31.3 Å². The molecule has 2 heterocycles. The first-order chi connectivity index (χ1) is 13.5. The zero-order chi connectivity index (χ0) is 19.8. The van der Waals surface area contributed by atoms with Crippen LogP contribution in [0.4, 0.5) is 8.78 Å². The number of nitrogens with zero attached hydrogens (tertiary/aromatic N) is 2.